The zero-order valence-electron chi connectivity index (χ0n) is 14.5. The molecular weight excluding hydrogens is 379 g/mol. The Hall–Kier alpha value is -2.98. The van der Waals surface area contributed by atoms with Gasteiger partial charge in [-0.1, -0.05) is 17.7 Å². The minimum atomic E-state index is -0.586. The van der Waals surface area contributed by atoms with Crippen molar-refractivity contribution in [1.29, 1.82) is 0 Å². The van der Waals surface area contributed by atoms with Gasteiger partial charge in [0.15, 0.2) is 11.2 Å². The van der Waals surface area contributed by atoms with E-state index in [1.54, 1.807) is 0 Å². The molecule has 0 aliphatic carbocycles. The molecule has 9 nitrogen and oxygen atoms in total. The third kappa shape index (κ3) is 3.62. The molecule has 11 heteroatoms. The molecule has 0 aliphatic heterocycles. The van der Waals surface area contributed by atoms with E-state index in [1.807, 2.05) is 0 Å². The SMILES string of the molecule is COCCn1c(N/N=C\c2c(F)cccc2Cl)nc2c1c(=O)[nH]c(=O)n2C. The lowest BCUT2D eigenvalue weighted by Gasteiger charge is -2.07. The van der Waals surface area contributed by atoms with Crippen LogP contribution in [0.5, 0.6) is 0 Å². The number of rotatable bonds is 6. The highest BCUT2D eigenvalue weighted by Gasteiger charge is 2.17. The largest absolute Gasteiger partial charge is 0.383 e. The first-order valence-electron chi connectivity index (χ1n) is 7.85. The Morgan fingerprint density at radius 1 is 1.44 bits per heavy atom. The van der Waals surface area contributed by atoms with Crippen molar-refractivity contribution in [1.82, 2.24) is 19.1 Å². The summed E-state index contributed by atoms with van der Waals surface area (Å²) in [5, 5.41) is 4.16. The molecule has 0 spiro atoms. The molecular formula is C16H16ClFN6O3. The minimum absolute atomic E-state index is 0.108. The molecule has 0 bridgehead atoms. The number of methoxy groups -OCH3 is 1. The quantitative estimate of drug-likeness (QED) is 0.484. The molecule has 0 saturated carbocycles. The van der Waals surface area contributed by atoms with Crippen LogP contribution in [0.4, 0.5) is 10.3 Å². The molecule has 2 heterocycles. The molecule has 2 aromatic heterocycles. The minimum Gasteiger partial charge on any atom is -0.383 e. The number of hydrogen-bond acceptors (Lipinski definition) is 6. The number of H-pyrrole nitrogens is 1. The number of aromatic nitrogens is 4. The van der Waals surface area contributed by atoms with E-state index >= 15 is 0 Å². The number of ether oxygens (including phenoxy) is 1. The van der Waals surface area contributed by atoms with Crippen LogP contribution in [0.1, 0.15) is 5.56 Å². The van der Waals surface area contributed by atoms with Crippen molar-refractivity contribution in [3.63, 3.8) is 0 Å². The molecule has 27 heavy (non-hydrogen) atoms. The molecule has 1 aromatic carbocycles. The van der Waals surface area contributed by atoms with Crippen molar-refractivity contribution in [2.75, 3.05) is 19.1 Å². The fourth-order valence-electron chi connectivity index (χ4n) is 2.51. The van der Waals surface area contributed by atoms with Crippen LogP contribution < -0.4 is 16.7 Å². The van der Waals surface area contributed by atoms with Crippen molar-refractivity contribution in [3.8, 4) is 0 Å². The van der Waals surface area contributed by atoms with E-state index < -0.39 is 17.1 Å². The number of anilines is 1. The van der Waals surface area contributed by atoms with Crippen LogP contribution >= 0.6 is 11.6 Å². The first-order chi connectivity index (χ1) is 12.9. The van der Waals surface area contributed by atoms with E-state index in [0.29, 0.717) is 6.61 Å². The Bertz CT molecular complexity index is 1110. The molecule has 3 aromatic rings. The number of halogens is 2. The van der Waals surface area contributed by atoms with Crippen molar-refractivity contribution in [3.05, 3.63) is 55.4 Å². The van der Waals surface area contributed by atoms with Gasteiger partial charge in [-0.3, -0.25) is 14.3 Å². The first kappa shape index (κ1) is 18.8. The highest BCUT2D eigenvalue weighted by atomic mass is 35.5. The van der Waals surface area contributed by atoms with Crippen molar-refractivity contribution >= 4 is 34.9 Å². The second-order valence-corrected chi connectivity index (χ2v) is 5.98. The monoisotopic (exact) mass is 394 g/mol. The molecule has 0 radical (unpaired) electrons. The normalized spacial score (nSPS) is 11.6. The van der Waals surface area contributed by atoms with Gasteiger partial charge in [-0.15, -0.1) is 0 Å². The zero-order chi connectivity index (χ0) is 19.6. The van der Waals surface area contributed by atoms with Gasteiger partial charge in [0.25, 0.3) is 5.56 Å². The summed E-state index contributed by atoms with van der Waals surface area (Å²) in [6, 6.07) is 4.28. The van der Waals surface area contributed by atoms with Crippen molar-refractivity contribution in [2.45, 2.75) is 6.54 Å². The van der Waals surface area contributed by atoms with E-state index in [4.69, 9.17) is 16.3 Å². The van der Waals surface area contributed by atoms with Gasteiger partial charge in [-0.2, -0.15) is 10.1 Å². The van der Waals surface area contributed by atoms with Crippen molar-refractivity contribution < 1.29 is 9.13 Å². The highest BCUT2D eigenvalue weighted by Crippen LogP contribution is 2.18. The summed E-state index contributed by atoms with van der Waals surface area (Å²) in [6.45, 7) is 0.581. The summed E-state index contributed by atoms with van der Waals surface area (Å²) >= 11 is 5.95. The fraction of sp³-hybridized carbons (Fsp3) is 0.250. The predicted octanol–water partition coefficient (Wildman–Crippen LogP) is 1.31. The number of fused-ring (bicyclic) bond motifs is 1. The van der Waals surface area contributed by atoms with Crippen LogP contribution in [0.2, 0.25) is 5.02 Å². The maximum atomic E-state index is 13.8. The molecule has 0 unspecified atom stereocenters. The van der Waals surface area contributed by atoms with Crippen LogP contribution in [0, 0.1) is 5.82 Å². The van der Waals surface area contributed by atoms with E-state index in [1.165, 1.54) is 47.7 Å². The summed E-state index contributed by atoms with van der Waals surface area (Å²) in [7, 11) is 3.00. The van der Waals surface area contributed by atoms with Gasteiger partial charge < -0.3 is 9.30 Å². The number of benzene rings is 1. The van der Waals surface area contributed by atoms with Gasteiger partial charge in [-0.25, -0.2) is 14.6 Å². The fourth-order valence-corrected chi connectivity index (χ4v) is 2.72. The van der Waals surface area contributed by atoms with Gasteiger partial charge in [0, 0.05) is 26.3 Å². The molecule has 0 saturated heterocycles. The lowest BCUT2D eigenvalue weighted by molar-refractivity contribution is 0.188. The smallest absolute Gasteiger partial charge is 0.329 e. The second kappa shape index (κ2) is 7.72. The number of aryl methyl sites for hydroxylation is 1. The highest BCUT2D eigenvalue weighted by molar-refractivity contribution is 6.33. The van der Waals surface area contributed by atoms with Gasteiger partial charge >= 0.3 is 5.69 Å². The topological polar surface area (TPSA) is 106 Å². The summed E-state index contributed by atoms with van der Waals surface area (Å²) in [5.41, 5.74) is 1.98. The Morgan fingerprint density at radius 3 is 2.93 bits per heavy atom. The van der Waals surface area contributed by atoms with E-state index in [9.17, 15) is 14.0 Å². The zero-order valence-corrected chi connectivity index (χ0v) is 15.2. The van der Waals surface area contributed by atoms with Crippen LogP contribution in [0.15, 0.2) is 32.9 Å². The molecule has 0 fully saturated rings. The summed E-state index contributed by atoms with van der Waals surface area (Å²) in [6.07, 6.45) is 1.21. The Balaban J connectivity index is 2.04. The van der Waals surface area contributed by atoms with Crippen LogP contribution in [0.25, 0.3) is 11.2 Å². The summed E-state index contributed by atoms with van der Waals surface area (Å²) in [5.74, 6) is -0.336. The Labute approximate surface area is 157 Å². The lowest BCUT2D eigenvalue weighted by atomic mass is 10.2. The third-order valence-electron chi connectivity index (χ3n) is 3.88. The molecule has 0 atom stereocenters. The summed E-state index contributed by atoms with van der Waals surface area (Å²) in [4.78, 5) is 30.5. The number of nitrogens with one attached hydrogen (secondary N) is 2. The molecule has 2 N–H and O–H groups in total. The molecule has 0 aliphatic rings. The van der Waals surface area contributed by atoms with Gasteiger partial charge in [0.05, 0.1) is 17.8 Å². The average Bonchev–Trinajstić information content (AvgIpc) is 2.99. The molecule has 3 rings (SSSR count). The van der Waals surface area contributed by atoms with Crippen LogP contribution in [0.3, 0.4) is 0 Å². The Kier molecular flexibility index (Phi) is 5.38. The Morgan fingerprint density at radius 2 is 2.22 bits per heavy atom. The van der Waals surface area contributed by atoms with E-state index in [2.05, 4.69) is 20.5 Å². The van der Waals surface area contributed by atoms with Crippen LogP contribution in [-0.2, 0) is 18.3 Å². The standard InChI is InChI=1S/C16H16ClFN6O3/c1-23-13-12(14(25)21-16(23)26)24(6-7-27-2)15(20-13)22-19-8-9-10(17)4-3-5-11(9)18/h3-5,8H,6-7H2,1-2H3,(H,20,22)(H,21,25,26)/b19-8-. The molecule has 0 amide bonds. The number of imidazole rings is 1. The van der Waals surface area contributed by atoms with E-state index in [0.717, 1.165) is 0 Å². The van der Waals surface area contributed by atoms with Gasteiger partial charge in [0.2, 0.25) is 5.95 Å². The number of aromatic amines is 1. The number of nitrogens with zero attached hydrogens (tertiary/aromatic N) is 4. The average molecular weight is 395 g/mol. The van der Waals surface area contributed by atoms with Gasteiger partial charge in [-0.05, 0) is 12.1 Å². The maximum absolute atomic E-state index is 13.8. The maximum Gasteiger partial charge on any atom is 0.329 e. The lowest BCUT2D eigenvalue weighted by Crippen LogP contribution is -2.29. The number of hydrogen-bond donors (Lipinski definition) is 2. The van der Waals surface area contributed by atoms with Gasteiger partial charge in [0.1, 0.15) is 5.82 Å². The van der Waals surface area contributed by atoms with Crippen molar-refractivity contribution in [2.24, 2.45) is 12.1 Å². The first-order valence-corrected chi connectivity index (χ1v) is 8.23. The van der Waals surface area contributed by atoms with Crippen LogP contribution in [-0.4, -0.2) is 39.0 Å². The molecule has 142 valence electrons. The second-order valence-electron chi connectivity index (χ2n) is 5.58. The summed E-state index contributed by atoms with van der Waals surface area (Å²) < 4.78 is 21.6. The predicted molar refractivity (Wildman–Crippen MR) is 100 cm³/mol. The van der Waals surface area contributed by atoms with E-state index in [-0.39, 0.29) is 34.2 Å². The number of hydrazone groups is 1. The third-order valence-corrected chi connectivity index (χ3v) is 4.21.